The number of nitrogens with one attached hydrogen (secondary N) is 2. The zero-order chi connectivity index (χ0) is 12.1. The molecule has 0 unspecified atom stereocenters. The standard InChI is InChI=1S/C10H12Cl2N2O2/c1-6(5-15)13-10(16)14-9-4-7(11)2-3-8(9)12/h2-4,6,15H,5H2,1H3,(H2,13,14,16)/t6-/m0/s1. The van der Waals surface area contributed by atoms with Crippen LogP contribution in [0, 0.1) is 0 Å². The summed E-state index contributed by atoms with van der Waals surface area (Å²) in [6.07, 6.45) is 0. The number of hydrogen-bond acceptors (Lipinski definition) is 2. The highest BCUT2D eigenvalue weighted by Gasteiger charge is 2.08. The predicted octanol–water partition coefficient (Wildman–Crippen LogP) is 2.50. The molecule has 4 nitrogen and oxygen atoms in total. The third-order valence-corrected chi connectivity index (χ3v) is 2.39. The topological polar surface area (TPSA) is 61.4 Å². The number of aliphatic hydroxyl groups is 1. The molecule has 2 amide bonds. The van der Waals surface area contributed by atoms with Gasteiger partial charge in [-0.2, -0.15) is 0 Å². The van der Waals surface area contributed by atoms with E-state index < -0.39 is 6.03 Å². The highest BCUT2D eigenvalue weighted by molar-refractivity contribution is 6.35. The van der Waals surface area contributed by atoms with E-state index in [1.807, 2.05) is 0 Å². The van der Waals surface area contributed by atoms with Crippen LogP contribution >= 0.6 is 23.2 Å². The highest BCUT2D eigenvalue weighted by atomic mass is 35.5. The summed E-state index contributed by atoms with van der Waals surface area (Å²) < 4.78 is 0. The molecule has 6 heteroatoms. The Morgan fingerprint density at radius 2 is 2.19 bits per heavy atom. The van der Waals surface area contributed by atoms with Crippen molar-refractivity contribution in [2.45, 2.75) is 13.0 Å². The molecule has 3 N–H and O–H groups in total. The second-order valence-corrected chi connectivity index (χ2v) is 4.15. The largest absolute Gasteiger partial charge is 0.394 e. The molecule has 0 aliphatic heterocycles. The zero-order valence-corrected chi connectivity index (χ0v) is 10.1. The summed E-state index contributed by atoms with van der Waals surface area (Å²) in [6, 6.07) is 4.01. The van der Waals surface area contributed by atoms with Crippen LogP contribution in [0.5, 0.6) is 0 Å². The van der Waals surface area contributed by atoms with E-state index in [0.717, 1.165) is 0 Å². The predicted molar refractivity (Wildman–Crippen MR) is 65.2 cm³/mol. The van der Waals surface area contributed by atoms with Crippen LogP contribution in [0.3, 0.4) is 0 Å². The molecule has 1 aromatic rings. The van der Waals surface area contributed by atoms with Crippen molar-refractivity contribution in [2.75, 3.05) is 11.9 Å². The Morgan fingerprint density at radius 3 is 2.81 bits per heavy atom. The number of carbonyl (C=O) groups is 1. The van der Waals surface area contributed by atoms with Crippen LogP contribution in [0.1, 0.15) is 6.92 Å². The van der Waals surface area contributed by atoms with Crippen molar-refractivity contribution in [3.63, 3.8) is 0 Å². The normalized spacial score (nSPS) is 12.0. The first-order valence-electron chi connectivity index (χ1n) is 4.66. The molecule has 0 heterocycles. The van der Waals surface area contributed by atoms with Crippen LogP contribution in [-0.4, -0.2) is 23.8 Å². The Hall–Kier alpha value is -0.970. The van der Waals surface area contributed by atoms with Gasteiger partial charge in [0.25, 0.3) is 0 Å². The maximum absolute atomic E-state index is 11.4. The number of amides is 2. The first-order valence-corrected chi connectivity index (χ1v) is 5.42. The minimum Gasteiger partial charge on any atom is -0.394 e. The van der Waals surface area contributed by atoms with Gasteiger partial charge in [-0.25, -0.2) is 4.79 Å². The van der Waals surface area contributed by atoms with Gasteiger partial charge in [0.15, 0.2) is 0 Å². The summed E-state index contributed by atoms with van der Waals surface area (Å²) in [6.45, 7) is 1.55. The number of anilines is 1. The molecule has 0 bridgehead atoms. The molecule has 0 saturated heterocycles. The number of hydrogen-bond donors (Lipinski definition) is 3. The lowest BCUT2D eigenvalue weighted by Crippen LogP contribution is -2.38. The average Bonchev–Trinajstić information content (AvgIpc) is 2.23. The van der Waals surface area contributed by atoms with E-state index in [0.29, 0.717) is 15.7 Å². The smallest absolute Gasteiger partial charge is 0.319 e. The third-order valence-electron chi connectivity index (χ3n) is 1.83. The molecule has 1 rings (SSSR count). The summed E-state index contributed by atoms with van der Waals surface area (Å²) in [5, 5.41) is 14.7. The first kappa shape index (κ1) is 13.1. The molecule has 1 atom stereocenters. The van der Waals surface area contributed by atoms with Gasteiger partial charge in [0.2, 0.25) is 0 Å². The minimum atomic E-state index is -0.439. The Morgan fingerprint density at radius 1 is 1.50 bits per heavy atom. The lowest BCUT2D eigenvalue weighted by Gasteiger charge is -2.12. The second kappa shape index (κ2) is 5.94. The van der Waals surface area contributed by atoms with Crippen LogP contribution in [0.15, 0.2) is 18.2 Å². The molecule has 0 fully saturated rings. The monoisotopic (exact) mass is 262 g/mol. The molecule has 1 aromatic carbocycles. The van der Waals surface area contributed by atoms with E-state index in [2.05, 4.69) is 10.6 Å². The fourth-order valence-electron chi connectivity index (χ4n) is 1.02. The van der Waals surface area contributed by atoms with Crippen molar-refractivity contribution in [3.8, 4) is 0 Å². The first-order chi connectivity index (χ1) is 7.52. The third kappa shape index (κ3) is 3.89. The molecule has 0 spiro atoms. The maximum atomic E-state index is 11.4. The fourth-order valence-corrected chi connectivity index (χ4v) is 1.36. The van der Waals surface area contributed by atoms with Gasteiger partial charge in [-0.3, -0.25) is 0 Å². The zero-order valence-electron chi connectivity index (χ0n) is 8.63. The molecule has 0 aromatic heterocycles. The van der Waals surface area contributed by atoms with E-state index in [-0.39, 0.29) is 12.6 Å². The number of benzene rings is 1. The highest BCUT2D eigenvalue weighted by Crippen LogP contribution is 2.25. The van der Waals surface area contributed by atoms with Crippen LogP contribution < -0.4 is 10.6 Å². The minimum absolute atomic E-state index is 0.128. The van der Waals surface area contributed by atoms with E-state index in [9.17, 15) is 4.79 Å². The van der Waals surface area contributed by atoms with Crippen molar-refractivity contribution in [2.24, 2.45) is 0 Å². The van der Waals surface area contributed by atoms with Gasteiger partial charge < -0.3 is 15.7 Å². The number of halogens is 2. The van der Waals surface area contributed by atoms with Crippen molar-refractivity contribution in [1.82, 2.24) is 5.32 Å². The van der Waals surface area contributed by atoms with E-state index in [1.165, 1.54) is 0 Å². The molecular weight excluding hydrogens is 251 g/mol. The maximum Gasteiger partial charge on any atom is 0.319 e. The summed E-state index contributed by atoms with van der Waals surface area (Å²) in [5.41, 5.74) is 0.428. The molecule has 16 heavy (non-hydrogen) atoms. The number of aliphatic hydroxyl groups excluding tert-OH is 1. The van der Waals surface area contributed by atoms with E-state index in [4.69, 9.17) is 28.3 Å². The van der Waals surface area contributed by atoms with Crippen molar-refractivity contribution < 1.29 is 9.90 Å². The Balaban J connectivity index is 2.65. The molecule has 0 radical (unpaired) electrons. The van der Waals surface area contributed by atoms with Crippen LogP contribution in [0.2, 0.25) is 10.0 Å². The van der Waals surface area contributed by atoms with Crippen molar-refractivity contribution in [1.29, 1.82) is 0 Å². The summed E-state index contributed by atoms with van der Waals surface area (Å²) in [5.74, 6) is 0. The number of rotatable bonds is 3. The molecule has 0 aliphatic carbocycles. The Kier molecular flexibility index (Phi) is 4.86. The van der Waals surface area contributed by atoms with Gasteiger partial charge in [-0.05, 0) is 25.1 Å². The Labute approximate surface area is 104 Å². The van der Waals surface area contributed by atoms with Gasteiger partial charge >= 0.3 is 6.03 Å². The van der Waals surface area contributed by atoms with Crippen LogP contribution in [-0.2, 0) is 0 Å². The SMILES string of the molecule is C[C@@H](CO)NC(=O)Nc1cc(Cl)ccc1Cl. The van der Waals surface area contributed by atoms with Gasteiger partial charge in [-0.1, -0.05) is 23.2 Å². The lowest BCUT2D eigenvalue weighted by atomic mass is 10.3. The number of urea groups is 1. The van der Waals surface area contributed by atoms with Gasteiger partial charge in [0.1, 0.15) is 0 Å². The average molecular weight is 263 g/mol. The summed E-state index contributed by atoms with van der Waals surface area (Å²) in [4.78, 5) is 11.4. The fraction of sp³-hybridized carbons (Fsp3) is 0.300. The van der Waals surface area contributed by atoms with Crippen molar-refractivity contribution in [3.05, 3.63) is 28.2 Å². The van der Waals surface area contributed by atoms with Crippen LogP contribution in [0.4, 0.5) is 10.5 Å². The quantitative estimate of drug-likeness (QED) is 0.784. The molecule has 0 aliphatic rings. The summed E-state index contributed by atoms with van der Waals surface area (Å²) >= 11 is 11.6. The second-order valence-electron chi connectivity index (χ2n) is 3.31. The summed E-state index contributed by atoms with van der Waals surface area (Å²) in [7, 11) is 0. The van der Waals surface area contributed by atoms with Gasteiger partial charge in [0.05, 0.1) is 23.4 Å². The van der Waals surface area contributed by atoms with E-state index >= 15 is 0 Å². The molecular formula is C10H12Cl2N2O2. The van der Waals surface area contributed by atoms with Gasteiger partial charge in [-0.15, -0.1) is 0 Å². The lowest BCUT2D eigenvalue weighted by molar-refractivity contribution is 0.229. The molecule has 0 saturated carbocycles. The Bertz CT molecular complexity index is 385. The van der Waals surface area contributed by atoms with Crippen molar-refractivity contribution >= 4 is 34.9 Å². The van der Waals surface area contributed by atoms with Gasteiger partial charge in [0, 0.05) is 5.02 Å². The number of carbonyl (C=O) groups excluding carboxylic acids is 1. The molecule has 88 valence electrons. The van der Waals surface area contributed by atoms with E-state index in [1.54, 1.807) is 25.1 Å². The van der Waals surface area contributed by atoms with Crippen LogP contribution in [0.25, 0.3) is 0 Å².